The lowest BCUT2D eigenvalue weighted by molar-refractivity contribution is 0.320. The maximum absolute atomic E-state index is 13.3. The number of rotatable bonds is 4. The Bertz CT molecular complexity index is 534. The zero-order valence-electron chi connectivity index (χ0n) is 9.57. The molecule has 0 amide bonds. The van der Waals surface area contributed by atoms with E-state index in [0.717, 1.165) is 5.69 Å². The Kier molecular flexibility index (Phi) is 4.15. The number of aromatic nitrogens is 1. The van der Waals surface area contributed by atoms with Crippen molar-refractivity contribution in [2.75, 3.05) is 12.3 Å². The highest BCUT2D eigenvalue weighted by Gasteiger charge is 2.07. The molecule has 0 radical (unpaired) electrons. The monoisotopic (exact) mass is 310 g/mol. The summed E-state index contributed by atoms with van der Waals surface area (Å²) < 4.78 is 19.1. The molecule has 0 bridgehead atoms. The first kappa shape index (κ1) is 12.8. The zero-order chi connectivity index (χ0) is 13.0. The molecule has 0 atom stereocenters. The predicted octanol–water partition coefficient (Wildman–Crippen LogP) is 3.19. The van der Waals surface area contributed by atoms with Gasteiger partial charge in [0.15, 0.2) is 0 Å². The first-order valence-corrected chi connectivity index (χ1v) is 6.23. The van der Waals surface area contributed by atoms with E-state index in [1.54, 1.807) is 6.20 Å². The van der Waals surface area contributed by atoms with Gasteiger partial charge in [0.2, 0.25) is 0 Å². The Morgan fingerprint density at radius 1 is 1.33 bits per heavy atom. The summed E-state index contributed by atoms with van der Waals surface area (Å²) in [5.74, 6) is -0.0383. The molecule has 0 saturated heterocycles. The molecule has 0 fully saturated rings. The van der Waals surface area contributed by atoms with Crippen molar-refractivity contribution in [1.82, 2.24) is 4.98 Å². The van der Waals surface area contributed by atoms with Crippen LogP contribution >= 0.6 is 15.9 Å². The molecule has 1 heterocycles. The summed E-state index contributed by atoms with van der Waals surface area (Å²) >= 11 is 3.06. The molecular formula is C13H12BrFN2O. The SMILES string of the molecule is Nc1cc(Br)c(F)cc1OCCc1ccccn1. The molecule has 18 heavy (non-hydrogen) atoms. The molecule has 0 aliphatic heterocycles. The molecule has 0 aliphatic carbocycles. The van der Waals surface area contributed by atoms with Crippen LogP contribution in [0.25, 0.3) is 0 Å². The number of benzene rings is 1. The van der Waals surface area contributed by atoms with Crippen LogP contribution in [0.15, 0.2) is 41.0 Å². The zero-order valence-corrected chi connectivity index (χ0v) is 11.2. The van der Waals surface area contributed by atoms with Gasteiger partial charge in [-0.05, 0) is 34.1 Å². The third-order valence-corrected chi connectivity index (χ3v) is 3.00. The first-order valence-electron chi connectivity index (χ1n) is 5.44. The van der Waals surface area contributed by atoms with Crippen molar-refractivity contribution in [3.63, 3.8) is 0 Å². The molecule has 3 nitrogen and oxygen atoms in total. The van der Waals surface area contributed by atoms with E-state index in [0.29, 0.717) is 28.9 Å². The van der Waals surface area contributed by atoms with Crippen molar-refractivity contribution in [2.45, 2.75) is 6.42 Å². The van der Waals surface area contributed by atoms with Crippen LogP contribution in [0.2, 0.25) is 0 Å². The molecule has 5 heteroatoms. The number of ether oxygens (including phenoxy) is 1. The number of pyridine rings is 1. The minimum atomic E-state index is -0.392. The van der Waals surface area contributed by atoms with Crippen molar-refractivity contribution < 1.29 is 9.13 Å². The predicted molar refractivity (Wildman–Crippen MR) is 71.9 cm³/mol. The molecule has 0 aliphatic rings. The largest absolute Gasteiger partial charge is 0.491 e. The van der Waals surface area contributed by atoms with Crippen molar-refractivity contribution >= 4 is 21.6 Å². The molecule has 2 rings (SSSR count). The number of nitrogen functional groups attached to an aromatic ring is 1. The van der Waals surface area contributed by atoms with Crippen LogP contribution in [0.1, 0.15) is 5.69 Å². The third-order valence-electron chi connectivity index (χ3n) is 2.39. The minimum Gasteiger partial charge on any atom is -0.491 e. The Labute approximate surface area is 113 Å². The number of anilines is 1. The van der Waals surface area contributed by atoms with E-state index in [-0.39, 0.29) is 0 Å². The number of halogens is 2. The van der Waals surface area contributed by atoms with Crippen LogP contribution < -0.4 is 10.5 Å². The third kappa shape index (κ3) is 3.20. The van der Waals surface area contributed by atoms with Crippen LogP contribution in [0, 0.1) is 5.82 Å². The minimum absolute atomic E-state index is 0.331. The van der Waals surface area contributed by atoms with Crippen LogP contribution in [0.4, 0.5) is 10.1 Å². The highest BCUT2D eigenvalue weighted by atomic mass is 79.9. The Morgan fingerprint density at radius 3 is 2.89 bits per heavy atom. The van der Waals surface area contributed by atoms with Crippen LogP contribution in [-0.2, 0) is 6.42 Å². The molecule has 2 N–H and O–H groups in total. The lowest BCUT2D eigenvalue weighted by Gasteiger charge is -2.09. The normalized spacial score (nSPS) is 10.3. The van der Waals surface area contributed by atoms with Gasteiger partial charge in [0.05, 0.1) is 16.8 Å². The highest BCUT2D eigenvalue weighted by Crippen LogP contribution is 2.28. The number of nitrogens with zero attached hydrogens (tertiary/aromatic N) is 1. The van der Waals surface area contributed by atoms with Crippen molar-refractivity contribution in [1.29, 1.82) is 0 Å². The molecule has 1 aromatic carbocycles. The van der Waals surface area contributed by atoms with E-state index in [4.69, 9.17) is 10.5 Å². The molecule has 2 aromatic rings. The molecule has 94 valence electrons. The summed E-state index contributed by atoms with van der Waals surface area (Å²) in [5, 5.41) is 0. The Morgan fingerprint density at radius 2 is 2.17 bits per heavy atom. The topological polar surface area (TPSA) is 48.1 Å². The van der Waals surface area contributed by atoms with Gasteiger partial charge in [0.25, 0.3) is 0 Å². The maximum Gasteiger partial charge on any atom is 0.145 e. The van der Waals surface area contributed by atoms with E-state index in [1.807, 2.05) is 18.2 Å². The molecule has 0 unspecified atom stereocenters. The fourth-order valence-corrected chi connectivity index (χ4v) is 1.84. The summed E-state index contributed by atoms with van der Waals surface area (Å²) in [6.45, 7) is 0.405. The van der Waals surface area contributed by atoms with E-state index in [9.17, 15) is 4.39 Å². The quantitative estimate of drug-likeness (QED) is 0.882. The molecule has 0 saturated carbocycles. The second-order valence-corrected chi connectivity index (χ2v) is 4.58. The van der Waals surface area contributed by atoms with Gasteiger partial charge in [0, 0.05) is 24.4 Å². The number of nitrogens with two attached hydrogens (primary N) is 1. The van der Waals surface area contributed by atoms with Crippen LogP contribution in [0.5, 0.6) is 5.75 Å². The average Bonchev–Trinajstić information content (AvgIpc) is 2.37. The standard InChI is InChI=1S/C13H12BrFN2O/c14-10-7-12(16)13(8-11(10)15)18-6-4-9-3-1-2-5-17-9/h1-3,5,7-8H,4,6,16H2. The summed E-state index contributed by atoms with van der Waals surface area (Å²) in [6, 6.07) is 8.45. The molecular weight excluding hydrogens is 299 g/mol. The van der Waals surface area contributed by atoms with E-state index < -0.39 is 5.82 Å². The summed E-state index contributed by atoms with van der Waals surface area (Å²) in [5.41, 5.74) is 7.06. The van der Waals surface area contributed by atoms with E-state index in [2.05, 4.69) is 20.9 Å². The maximum atomic E-state index is 13.3. The van der Waals surface area contributed by atoms with Gasteiger partial charge < -0.3 is 10.5 Å². The van der Waals surface area contributed by atoms with Gasteiger partial charge in [-0.3, -0.25) is 4.98 Å². The molecule has 1 aromatic heterocycles. The average molecular weight is 311 g/mol. The summed E-state index contributed by atoms with van der Waals surface area (Å²) in [7, 11) is 0. The smallest absolute Gasteiger partial charge is 0.145 e. The van der Waals surface area contributed by atoms with Crippen molar-refractivity contribution in [3.8, 4) is 5.75 Å². The van der Waals surface area contributed by atoms with Gasteiger partial charge in [-0.15, -0.1) is 0 Å². The van der Waals surface area contributed by atoms with Gasteiger partial charge in [-0.2, -0.15) is 0 Å². The number of hydrogen-bond donors (Lipinski definition) is 1. The Hall–Kier alpha value is -1.62. The van der Waals surface area contributed by atoms with Crippen LogP contribution in [0.3, 0.4) is 0 Å². The van der Waals surface area contributed by atoms with Gasteiger partial charge in [0.1, 0.15) is 11.6 Å². The van der Waals surface area contributed by atoms with Gasteiger partial charge in [-0.1, -0.05) is 6.07 Å². The van der Waals surface area contributed by atoms with E-state index in [1.165, 1.54) is 12.1 Å². The summed E-state index contributed by atoms with van der Waals surface area (Å²) in [6.07, 6.45) is 2.38. The lowest BCUT2D eigenvalue weighted by Crippen LogP contribution is -2.05. The molecule has 0 spiro atoms. The van der Waals surface area contributed by atoms with Crippen LogP contribution in [-0.4, -0.2) is 11.6 Å². The summed E-state index contributed by atoms with van der Waals surface area (Å²) in [4.78, 5) is 4.17. The van der Waals surface area contributed by atoms with Gasteiger partial charge in [-0.25, -0.2) is 4.39 Å². The second kappa shape index (κ2) is 5.82. The fourth-order valence-electron chi connectivity index (χ4n) is 1.48. The number of hydrogen-bond acceptors (Lipinski definition) is 3. The highest BCUT2D eigenvalue weighted by molar-refractivity contribution is 9.10. The van der Waals surface area contributed by atoms with E-state index >= 15 is 0 Å². The first-order chi connectivity index (χ1) is 8.66. The lowest BCUT2D eigenvalue weighted by atomic mass is 10.2. The Balaban J connectivity index is 1.97. The fraction of sp³-hybridized carbons (Fsp3) is 0.154. The van der Waals surface area contributed by atoms with Crippen molar-refractivity contribution in [3.05, 3.63) is 52.5 Å². The van der Waals surface area contributed by atoms with Gasteiger partial charge >= 0.3 is 0 Å². The van der Waals surface area contributed by atoms with Crippen molar-refractivity contribution in [2.24, 2.45) is 0 Å². The second-order valence-electron chi connectivity index (χ2n) is 3.72.